The fourth-order valence-electron chi connectivity index (χ4n) is 1.75. The van der Waals surface area contributed by atoms with E-state index in [2.05, 4.69) is 5.32 Å². The second-order valence-electron chi connectivity index (χ2n) is 4.26. The van der Waals surface area contributed by atoms with Gasteiger partial charge < -0.3 is 15.0 Å². The molecule has 1 heterocycles. The van der Waals surface area contributed by atoms with Crippen LogP contribution in [0.25, 0.3) is 0 Å². The molecule has 6 nitrogen and oxygen atoms in total. The average Bonchev–Trinajstić information content (AvgIpc) is 2.43. The van der Waals surface area contributed by atoms with Gasteiger partial charge in [0.2, 0.25) is 11.8 Å². The maximum atomic E-state index is 12.0. The van der Waals surface area contributed by atoms with Crippen LogP contribution >= 0.6 is 0 Å². The molecule has 0 radical (unpaired) electrons. The van der Waals surface area contributed by atoms with Crippen molar-refractivity contribution in [2.24, 2.45) is 5.92 Å². The molecule has 1 saturated heterocycles. The van der Waals surface area contributed by atoms with Crippen molar-refractivity contribution in [3.05, 3.63) is 0 Å². The van der Waals surface area contributed by atoms with E-state index in [4.69, 9.17) is 10.00 Å². The lowest BCUT2D eigenvalue weighted by atomic mass is 10.1. The monoisotopic (exact) mass is 253 g/mol. The maximum absolute atomic E-state index is 12.0. The molecule has 0 aromatic rings. The molecule has 0 aromatic heterocycles. The van der Waals surface area contributed by atoms with Crippen LogP contribution in [0.15, 0.2) is 0 Å². The number of hydrogen-bond acceptors (Lipinski definition) is 4. The number of nitrogens with one attached hydrogen (secondary N) is 1. The van der Waals surface area contributed by atoms with Gasteiger partial charge in [0.15, 0.2) is 0 Å². The zero-order valence-corrected chi connectivity index (χ0v) is 10.8. The fourth-order valence-corrected chi connectivity index (χ4v) is 1.75. The van der Waals surface area contributed by atoms with Crippen LogP contribution in [0.1, 0.15) is 20.3 Å². The van der Waals surface area contributed by atoms with Crippen molar-refractivity contribution in [2.75, 3.05) is 26.3 Å². The third-order valence-electron chi connectivity index (χ3n) is 2.83. The Morgan fingerprint density at radius 1 is 1.61 bits per heavy atom. The van der Waals surface area contributed by atoms with E-state index in [1.165, 1.54) is 4.90 Å². The summed E-state index contributed by atoms with van der Waals surface area (Å²) in [5.74, 6) is -1.25. The Kier molecular flexibility index (Phi) is 5.59. The Balaban J connectivity index is 2.71. The first-order chi connectivity index (χ1) is 8.61. The highest BCUT2D eigenvalue weighted by Crippen LogP contribution is 2.11. The van der Waals surface area contributed by atoms with Gasteiger partial charge in [0.05, 0.1) is 19.3 Å². The Bertz CT molecular complexity index is 351. The molecule has 1 fully saturated rings. The minimum Gasteiger partial charge on any atom is -0.377 e. The van der Waals surface area contributed by atoms with Crippen LogP contribution in [0.5, 0.6) is 0 Å². The Hall–Kier alpha value is -1.61. The SMILES string of the molecule is CCCNC(=O)C1COCCN1C(=O)C(C)C#N. The summed E-state index contributed by atoms with van der Waals surface area (Å²) < 4.78 is 5.24. The molecule has 1 aliphatic heterocycles. The number of amides is 2. The normalized spacial score (nSPS) is 20.9. The van der Waals surface area contributed by atoms with Crippen LogP contribution in [0.2, 0.25) is 0 Å². The molecule has 2 unspecified atom stereocenters. The molecule has 6 heteroatoms. The second-order valence-corrected chi connectivity index (χ2v) is 4.26. The summed E-state index contributed by atoms with van der Waals surface area (Å²) in [6.07, 6.45) is 0.835. The molecule has 2 atom stereocenters. The van der Waals surface area contributed by atoms with Crippen molar-refractivity contribution in [2.45, 2.75) is 26.3 Å². The molecule has 2 amide bonds. The molecule has 0 aromatic carbocycles. The van der Waals surface area contributed by atoms with Gasteiger partial charge >= 0.3 is 0 Å². The van der Waals surface area contributed by atoms with Crippen molar-refractivity contribution >= 4 is 11.8 Å². The van der Waals surface area contributed by atoms with Crippen LogP contribution in [0.4, 0.5) is 0 Å². The number of ether oxygens (including phenoxy) is 1. The first-order valence-corrected chi connectivity index (χ1v) is 6.17. The van der Waals surface area contributed by atoms with Crippen molar-refractivity contribution in [1.29, 1.82) is 5.26 Å². The number of carbonyl (C=O) groups excluding carboxylic acids is 2. The minimum absolute atomic E-state index is 0.194. The predicted molar refractivity (Wildman–Crippen MR) is 64.4 cm³/mol. The zero-order chi connectivity index (χ0) is 13.5. The largest absolute Gasteiger partial charge is 0.377 e. The number of carbonyl (C=O) groups is 2. The van der Waals surface area contributed by atoms with E-state index in [9.17, 15) is 9.59 Å². The topological polar surface area (TPSA) is 82.4 Å². The molecule has 0 aliphatic carbocycles. The second kappa shape index (κ2) is 6.97. The molecular formula is C12H19N3O3. The highest BCUT2D eigenvalue weighted by molar-refractivity contribution is 5.89. The number of nitriles is 1. The molecular weight excluding hydrogens is 234 g/mol. The highest BCUT2D eigenvalue weighted by Gasteiger charge is 2.34. The predicted octanol–water partition coefficient (Wildman–Crippen LogP) is -0.100. The lowest BCUT2D eigenvalue weighted by Gasteiger charge is -2.35. The van der Waals surface area contributed by atoms with Gasteiger partial charge in [0, 0.05) is 13.1 Å². The van der Waals surface area contributed by atoms with E-state index >= 15 is 0 Å². The summed E-state index contributed by atoms with van der Waals surface area (Å²) in [5, 5.41) is 11.5. The van der Waals surface area contributed by atoms with Gasteiger partial charge in [-0.1, -0.05) is 6.92 Å². The van der Waals surface area contributed by atoms with Crippen LogP contribution in [-0.4, -0.2) is 49.1 Å². The standard InChI is InChI=1S/C12H19N3O3/c1-3-4-14-11(16)10-8-18-6-5-15(10)12(17)9(2)7-13/h9-10H,3-6,8H2,1-2H3,(H,14,16). The summed E-state index contributed by atoms with van der Waals surface area (Å²) in [6.45, 7) is 5.03. The Morgan fingerprint density at radius 2 is 2.33 bits per heavy atom. The third kappa shape index (κ3) is 3.44. The quantitative estimate of drug-likeness (QED) is 0.758. The molecule has 1 rings (SSSR count). The van der Waals surface area contributed by atoms with Crippen molar-refractivity contribution in [1.82, 2.24) is 10.2 Å². The van der Waals surface area contributed by atoms with Gasteiger partial charge in [-0.15, -0.1) is 0 Å². The summed E-state index contributed by atoms with van der Waals surface area (Å²) >= 11 is 0. The number of hydrogen-bond donors (Lipinski definition) is 1. The molecule has 1 aliphatic rings. The summed E-state index contributed by atoms with van der Waals surface area (Å²) in [5.41, 5.74) is 0. The molecule has 0 spiro atoms. The van der Waals surface area contributed by atoms with Crippen molar-refractivity contribution in [3.63, 3.8) is 0 Å². The minimum atomic E-state index is -0.732. The fraction of sp³-hybridized carbons (Fsp3) is 0.750. The molecule has 18 heavy (non-hydrogen) atoms. The first kappa shape index (κ1) is 14.5. The smallest absolute Gasteiger partial charge is 0.245 e. The van der Waals surface area contributed by atoms with Crippen molar-refractivity contribution < 1.29 is 14.3 Å². The lowest BCUT2D eigenvalue weighted by molar-refractivity contribution is -0.150. The maximum Gasteiger partial charge on any atom is 0.245 e. The van der Waals surface area contributed by atoms with Gasteiger partial charge in [-0.25, -0.2) is 0 Å². The number of rotatable bonds is 4. The first-order valence-electron chi connectivity index (χ1n) is 6.17. The van der Waals surface area contributed by atoms with Crippen LogP contribution < -0.4 is 5.32 Å². The number of morpholine rings is 1. The van der Waals surface area contributed by atoms with Gasteiger partial charge in [-0.2, -0.15) is 5.26 Å². The van der Waals surface area contributed by atoms with Crippen LogP contribution in [0.3, 0.4) is 0 Å². The van der Waals surface area contributed by atoms with E-state index in [1.54, 1.807) is 6.92 Å². The van der Waals surface area contributed by atoms with Gasteiger partial charge in [-0.05, 0) is 13.3 Å². The molecule has 100 valence electrons. The zero-order valence-electron chi connectivity index (χ0n) is 10.8. The van der Waals surface area contributed by atoms with E-state index in [-0.39, 0.29) is 18.4 Å². The Labute approximate surface area is 107 Å². The van der Waals surface area contributed by atoms with E-state index in [0.717, 1.165) is 6.42 Å². The average molecular weight is 253 g/mol. The summed E-state index contributed by atoms with van der Waals surface area (Å²) in [6, 6.07) is 1.28. The van der Waals surface area contributed by atoms with Crippen molar-refractivity contribution in [3.8, 4) is 6.07 Å². The van der Waals surface area contributed by atoms with Gasteiger partial charge in [-0.3, -0.25) is 9.59 Å². The molecule has 0 bridgehead atoms. The van der Waals surface area contributed by atoms with E-state index < -0.39 is 12.0 Å². The third-order valence-corrected chi connectivity index (χ3v) is 2.83. The van der Waals surface area contributed by atoms with Gasteiger partial charge in [0.1, 0.15) is 12.0 Å². The van der Waals surface area contributed by atoms with Crippen LogP contribution in [0, 0.1) is 17.2 Å². The molecule has 1 N–H and O–H groups in total. The lowest BCUT2D eigenvalue weighted by Crippen LogP contribution is -2.57. The van der Waals surface area contributed by atoms with E-state index in [0.29, 0.717) is 19.7 Å². The van der Waals surface area contributed by atoms with Gasteiger partial charge in [0.25, 0.3) is 0 Å². The van der Waals surface area contributed by atoms with Crippen LogP contribution in [-0.2, 0) is 14.3 Å². The summed E-state index contributed by atoms with van der Waals surface area (Å²) in [7, 11) is 0. The number of nitrogens with zero attached hydrogens (tertiary/aromatic N) is 2. The van der Waals surface area contributed by atoms with E-state index in [1.807, 2.05) is 13.0 Å². The highest BCUT2D eigenvalue weighted by atomic mass is 16.5. The Morgan fingerprint density at radius 3 is 2.94 bits per heavy atom. The summed E-state index contributed by atoms with van der Waals surface area (Å²) in [4.78, 5) is 25.3. The molecule has 0 saturated carbocycles.